The number of carbonyl (C=O) groups is 1. The molecule has 1 heterocycles. The van der Waals surface area contributed by atoms with Gasteiger partial charge in [0.1, 0.15) is 5.75 Å². The van der Waals surface area contributed by atoms with Crippen LogP contribution in [0.2, 0.25) is 0 Å². The zero-order valence-corrected chi connectivity index (χ0v) is 22.9. The second kappa shape index (κ2) is 9.80. The highest BCUT2D eigenvalue weighted by molar-refractivity contribution is 7.92. The molecule has 0 aromatic heterocycles. The normalized spacial score (nSPS) is 15.6. The summed E-state index contributed by atoms with van der Waals surface area (Å²) in [5.41, 5.74) is 3.17. The number of sulfonamides is 1. The minimum Gasteiger partial charge on any atom is -0.476 e. The van der Waals surface area contributed by atoms with Crippen molar-refractivity contribution in [2.45, 2.75) is 50.7 Å². The predicted octanol–water partition coefficient (Wildman–Crippen LogP) is 5.72. The summed E-state index contributed by atoms with van der Waals surface area (Å²) in [6.45, 7) is 8.30. The molecule has 5 rings (SSSR count). The van der Waals surface area contributed by atoms with E-state index in [1.807, 2.05) is 61.5 Å². The second-order valence-corrected chi connectivity index (χ2v) is 12.6. The average Bonchev–Trinajstić information content (AvgIpc) is 2.90. The maximum absolute atomic E-state index is 13.9. The summed E-state index contributed by atoms with van der Waals surface area (Å²) in [4.78, 5) is 13.5. The lowest BCUT2D eigenvalue weighted by molar-refractivity contribution is -0.127. The van der Waals surface area contributed by atoms with E-state index in [0.29, 0.717) is 18.0 Å². The van der Waals surface area contributed by atoms with Crippen LogP contribution in [-0.2, 0) is 26.8 Å². The number of aryl methyl sites for hydroxylation is 1. The van der Waals surface area contributed by atoms with E-state index in [0.717, 1.165) is 27.5 Å². The Hall–Kier alpha value is -3.84. The summed E-state index contributed by atoms with van der Waals surface area (Å²) >= 11 is 0. The van der Waals surface area contributed by atoms with Gasteiger partial charge >= 0.3 is 0 Å². The Morgan fingerprint density at radius 1 is 0.974 bits per heavy atom. The first-order valence-electron chi connectivity index (χ1n) is 12.7. The van der Waals surface area contributed by atoms with E-state index in [1.165, 1.54) is 4.31 Å². The van der Waals surface area contributed by atoms with Gasteiger partial charge in [0.05, 0.1) is 17.1 Å². The first kappa shape index (κ1) is 25.8. The number of ether oxygens (including phenoxy) is 1. The Bertz CT molecular complexity index is 1600. The highest BCUT2D eigenvalue weighted by Crippen LogP contribution is 2.40. The van der Waals surface area contributed by atoms with Crippen LogP contribution in [0.25, 0.3) is 10.8 Å². The molecule has 1 amide bonds. The SMILES string of the molecule is Cc1ccc(S(=O)(=O)N2C[C@H](C(=O)NCc3cccc4ccccc34)Oc3ccc(C(C)(C)C)cc32)cc1. The topological polar surface area (TPSA) is 75.7 Å². The highest BCUT2D eigenvalue weighted by atomic mass is 32.2. The molecular formula is C31H32N2O4S. The van der Waals surface area contributed by atoms with Gasteiger partial charge < -0.3 is 10.1 Å². The van der Waals surface area contributed by atoms with Gasteiger partial charge in [0.2, 0.25) is 0 Å². The molecule has 0 saturated carbocycles. The average molecular weight is 529 g/mol. The standard InChI is InChI=1S/C31H32N2O4S/c1-21-12-15-25(16-13-21)38(35,36)33-20-29(37-28-17-14-24(18-27(28)33)31(2,3)4)30(34)32-19-23-10-7-9-22-8-5-6-11-26(22)23/h5-18,29H,19-20H2,1-4H3,(H,32,34)/t29-/m1/s1. The lowest BCUT2D eigenvalue weighted by atomic mass is 9.86. The number of nitrogens with one attached hydrogen (secondary N) is 1. The van der Waals surface area contributed by atoms with Crippen LogP contribution in [0.15, 0.2) is 89.8 Å². The Morgan fingerprint density at radius 2 is 1.68 bits per heavy atom. The van der Waals surface area contributed by atoms with Crippen molar-refractivity contribution in [2.24, 2.45) is 0 Å². The van der Waals surface area contributed by atoms with Gasteiger partial charge in [-0.3, -0.25) is 9.10 Å². The third-order valence-corrected chi connectivity index (χ3v) is 8.72. The van der Waals surface area contributed by atoms with Crippen LogP contribution in [0, 0.1) is 6.92 Å². The number of nitrogens with zero attached hydrogens (tertiary/aromatic N) is 1. The monoisotopic (exact) mass is 528 g/mol. The second-order valence-electron chi connectivity index (χ2n) is 10.7. The van der Waals surface area contributed by atoms with Crippen molar-refractivity contribution < 1.29 is 17.9 Å². The van der Waals surface area contributed by atoms with Crippen LogP contribution in [0.3, 0.4) is 0 Å². The summed E-state index contributed by atoms with van der Waals surface area (Å²) in [6, 6.07) is 26.2. The molecule has 0 radical (unpaired) electrons. The molecule has 4 aromatic rings. The Balaban J connectivity index is 1.47. The van der Waals surface area contributed by atoms with Crippen LogP contribution in [0.1, 0.15) is 37.5 Å². The number of benzene rings is 4. The van der Waals surface area contributed by atoms with Crippen molar-refractivity contribution in [3.8, 4) is 5.75 Å². The van der Waals surface area contributed by atoms with Gasteiger partial charge in [-0.15, -0.1) is 0 Å². The fraction of sp³-hybridized carbons (Fsp3) is 0.258. The summed E-state index contributed by atoms with van der Waals surface area (Å²) in [5, 5.41) is 5.11. The molecule has 7 heteroatoms. The first-order chi connectivity index (χ1) is 18.0. The highest BCUT2D eigenvalue weighted by Gasteiger charge is 2.38. The summed E-state index contributed by atoms with van der Waals surface area (Å²) in [6.07, 6.45) is -1.00. The lowest BCUT2D eigenvalue weighted by Gasteiger charge is -2.36. The molecule has 0 unspecified atom stereocenters. The fourth-order valence-corrected chi connectivity index (χ4v) is 6.13. The van der Waals surface area contributed by atoms with Crippen LogP contribution in [0.4, 0.5) is 5.69 Å². The Kier molecular flexibility index (Phi) is 6.65. The molecule has 0 aliphatic carbocycles. The van der Waals surface area contributed by atoms with E-state index in [1.54, 1.807) is 30.3 Å². The van der Waals surface area contributed by atoms with Crippen LogP contribution in [-0.4, -0.2) is 27.0 Å². The molecule has 38 heavy (non-hydrogen) atoms. The smallest absolute Gasteiger partial charge is 0.264 e. The number of fused-ring (bicyclic) bond motifs is 2. The summed E-state index contributed by atoms with van der Waals surface area (Å²) in [7, 11) is -3.94. The van der Waals surface area contributed by atoms with Crippen molar-refractivity contribution in [1.29, 1.82) is 0 Å². The summed E-state index contributed by atoms with van der Waals surface area (Å²) in [5.74, 6) is -0.00200. The van der Waals surface area contributed by atoms with Crippen molar-refractivity contribution >= 4 is 32.4 Å². The maximum atomic E-state index is 13.9. The Morgan fingerprint density at radius 3 is 2.42 bits per heavy atom. The molecule has 0 bridgehead atoms. The molecule has 1 aliphatic heterocycles. The molecular weight excluding hydrogens is 496 g/mol. The van der Waals surface area contributed by atoms with Gasteiger partial charge in [-0.1, -0.05) is 87.0 Å². The molecule has 0 saturated heterocycles. The van der Waals surface area contributed by atoms with E-state index in [2.05, 4.69) is 26.1 Å². The van der Waals surface area contributed by atoms with Crippen molar-refractivity contribution in [3.05, 3.63) is 102 Å². The summed E-state index contributed by atoms with van der Waals surface area (Å²) < 4.78 is 35.1. The van der Waals surface area contributed by atoms with E-state index in [4.69, 9.17) is 4.74 Å². The maximum Gasteiger partial charge on any atom is 0.264 e. The largest absolute Gasteiger partial charge is 0.476 e. The van der Waals surface area contributed by atoms with E-state index in [-0.39, 0.29) is 22.8 Å². The van der Waals surface area contributed by atoms with Crippen LogP contribution >= 0.6 is 0 Å². The minimum atomic E-state index is -3.94. The zero-order valence-electron chi connectivity index (χ0n) is 22.1. The molecule has 6 nitrogen and oxygen atoms in total. The number of carbonyl (C=O) groups excluding carboxylic acids is 1. The third-order valence-electron chi connectivity index (χ3n) is 6.93. The molecule has 1 N–H and O–H groups in total. The number of hydrogen-bond acceptors (Lipinski definition) is 4. The quantitative estimate of drug-likeness (QED) is 0.360. The van der Waals surface area contributed by atoms with Crippen molar-refractivity contribution in [1.82, 2.24) is 5.32 Å². The van der Waals surface area contributed by atoms with Crippen LogP contribution in [0.5, 0.6) is 5.75 Å². The number of amides is 1. The number of hydrogen-bond donors (Lipinski definition) is 1. The van der Waals surface area contributed by atoms with Crippen molar-refractivity contribution in [3.63, 3.8) is 0 Å². The van der Waals surface area contributed by atoms with E-state index < -0.39 is 16.1 Å². The van der Waals surface area contributed by atoms with Gasteiger partial charge in [0.25, 0.3) is 15.9 Å². The van der Waals surface area contributed by atoms with Crippen molar-refractivity contribution in [2.75, 3.05) is 10.8 Å². The van der Waals surface area contributed by atoms with Gasteiger partial charge in [0, 0.05) is 6.54 Å². The minimum absolute atomic E-state index is 0.127. The molecule has 196 valence electrons. The van der Waals surface area contributed by atoms with Gasteiger partial charge in [-0.25, -0.2) is 8.42 Å². The zero-order chi connectivity index (χ0) is 27.1. The predicted molar refractivity (Wildman–Crippen MR) is 151 cm³/mol. The third kappa shape index (κ3) is 4.98. The fourth-order valence-electron chi connectivity index (χ4n) is 4.66. The Labute approximate surface area is 224 Å². The molecule has 0 fully saturated rings. The van der Waals surface area contributed by atoms with E-state index in [9.17, 15) is 13.2 Å². The lowest BCUT2D eigenvalue weighted by Crippen LogP contribution is -2.50. The van der Waals surface area contributed by atoms with E-state index >= 15 is 0 Å². The number of rotatable bonds is 5. The number of anilines is 1. The molecule has 0 spiro atoms. The van der Waals surface area contributed by atoms with Gasteiger partial charge in [-0.2, -0.15) is 0 Å². The van der Waals surface area contributed by atoms with Gasteiger partial charge in [0.15, 0.2) is 6.10 Å². The molecule has 1 atom stereocenters. The van der Waals surface area contributed by atoms with Crippen LogP contribution < -0.4 is 14.4 Å². The van der Waals surface area contributed by atoms with Gasteiger partial charge in [-0.05, 0) is 58.5 Å². The first-order valence-corrected chi connectivity index (χ1v) is 14.1. The molecule has 1 aliphatic rings. The molecule has 4 aromatic carbocycles.